The number of thiol groups is 1. The summed E-state index contributed by atoms with van der Waals surface area (Å²) in [4.78, 5) is 10.1. The number of nitro groups is 1. The van der Waals surface area contributed by atoms with Crippen molar-refractivity contribution in [2.24, 2.45) is 0 Å². The molecular formula is C8H6N2O2S2. The lowest BCUT2D eigenvalue weighted by Gasteiger charge is -1.96. The van der Waals surface area contributed by atoms with E-state index in [1.165, 1.54) is 17.4 Å². The van der Waals surface area contributed by atoms with Crippen molar-refractivity contribution in [1.82, 2.24) is 0 Å². The number of nitrogens with zero attached hydrogens (tertiary/aromatic N) is 1. The van der Waals surface area contributed by atoms with E-state index < -0.39 is 4.92 Å². The molecule has 0 spiro atoms. The topological polar surface area (TPSA) is 69.2 Å². The summed E-state index contributed by atoms with van der Waals surface area (Å²) in [6, 6.07) is 4.92. The molecule has 4 nitrogen and oxygen atoms in total. The van der Waals surface area contributed by atoms with Gasteiger partial charge in [0.1, 0.15) is 5.69 Å². The molecule has 0 atom stereocenters. The predicted molar refractivity (Wildman–Crippen MR) is 60.1 cm³/mol. The molecule has 0 fully saturated rings. The van der Waals surface area contributed by atoms with Crippen LogP contribution in [-0.4, -0.2) is 4.92 Å². The summed E-state index contributed by atoms with van der Waals surface area (Å²) < 4.78 is 1.65. The van der Waals surface area contributed by atoms with Crippen molar-refractivity contribution >= 4 is 45.4 Å². The van der Waals surface area contributed by atoms with Crippen LogP contribution < -0.4 is 5.73 Å². The van der Waals surface area contributed by atoms with Gasteiger partial charge in [-0.3, -0.25) is 10.1 Å². The van der Waals surface area contributed by atoms with Crippen LogP contribution in [-0.2, 0) is 0 Å². The van der Waals surface area contributed by atoms with Gasteiger partial charge in [-0.25, -0.2) is 0 Å². The van der Waals surface area contributed by atoms with Gasteiger partial charge < -0.3 is 5.73 Å². The normalized spacial score (nSPS) is 10.6. The van der Waals surface area contributed by atoms with Crippen LogP contribution in [0.4, 0.5) is 11.4 Å². The summed E-state index contributed by atoms with van der Waals surface area (Å²) in [5.74, 6) is 0. The Morgan fingerprint density at radius 2 is 2.14 bits per heavy atom. The van der Waals surface area contributed by atoms with E-state index in [9.17, 15) is 10.1 Å². The Balaban J connectivity index is 2.76. The number of fused-ring (bicyclic) bond motifs is 1. The minimum atomic E-state index is -0.479. The van der Waals surface area contributed by atoms with E-state index in [0.29, 0.717) is 0 Å². The SMILES string of the molecule is Nc1cc2cc(S)sc2cc1[N+](=O)[O-]. The number of benzene rings is 1. The van der Waals surface area contributed by atoms with E-state index >= 15 is 0 Å². The van der Waals surface area contributed by atoms with Crippen molar-refractivity contribution in [3.8, 4) is 0 Å². The van der Waals surface area contributed by atoms with Crippen LogP contribution in [0.3, 0.4) is 0 Å². The number of rotatable bonds is 1. The van der Waals surface area contributed by atoms with Crippen molar-refractivity contribution in [2.45, 2.75) is 4.21 Å². The van der Waals surface area contributed by atoms with E-state index in [2.05, 4.69) is 12.6 Å². The summed E-state index contributed by atoms with van der Waals surface area (Å²) in [6.45, 7) is 0. The van der Waals surface area contributed by atoms with Gasteiger partial charge in [0.05, 0.1) is 9.13 Å². The van der Waals surface area contributed by atoms with Crippen LogP contribution in [0, 0.1) is 10.1 Å². The third-order valence-corrected chi connectivity index (χ3v) is 3.15. The molecule has 1 aromatic carbocycles. The highest BCUT2D eigenvalue weighted by Crippen LogP contribution is 2.34. The van der Waals surface area contributed by atoms with Gasteiger partial charge in [0.2, 0.25) is 0 Å². The molecule has 0 unspecified atom stereocenters. The largest absolute Gasteiger partial charge is 0.393 e. The first-order chi connectivity index (χ1) is 6.58. The molecule has 6 heteroatoms. The van der Waals surface area contributed by atoms with Crippen molar-refractivity contribution in [2.75, 3.05) is 5.73 Å². The molecule has 0 radical (unpaired) electrons. The molecule has 72 valence electrons. The van der Waals surface area contributed by atoms with Gasteiger partial charge in [-0.15, -0.1) is 24.0 Å². The number of hydrogen-bond acceptors (Lipinski definition) is 5. The molecular weight excluding hydrogens is 220 g/mol. The zero-order valence-corrected chi connectivity index (χ0v) is 8.64. The summed E-state index contributed by atoms with van der Waals surface area (Å²) in [6.07, 6.45) is 0. The van der Waals surface area contributed by atoms with Crippen LogP contribution in [0.2, 0.25) is 0 Å². The fourth-order valence-corrected chi connectivity index (χ4v) is 2.49. The second kappa shape index (κ2) is 3.14. The molecule has 0 aliphatic carbocycles. The minimum Gasteiger partial charge on any atom is -0.393 e. The van der Waals surface area contributed by atoms with Crippen LogP contribution in [0.25, 0.3) is 10.1 Å². The smallest absolute Gasteiger partial charge is 0.293 e. The maximum Gasteiger partial charge on any atom is 0.293 e. The molecule has 1 aromatic heterocycles. The van der Waals surface area contributed by atoms with Crippen molar-refractivity contribution < 1.29 is 4.92 Å². The zero-order chi connectivity index (χ0) is 10.3. The van der Waals surface area contributed by atoms with E-state index in [1.54, 1.807) is 6.07 Å². The monoisotopic (exact) mass is 226 g/mol. The first-order valence-corrected chi connectivity index (χ1v) is 5.01. The summed E-state index contributed by atoms with van der Waals surface area (Å²) in [5, 5.41) is 11.5. The number of nitrogen functional groups attached to an aromatic ring is 1. The molecule has 0 saturated heterocycles. The van der Waals surface area contributed by atoms with E-state index in [-0.39, 0.29) is 11.4 Å². The molecule has 0 aliphatic rings. The highest BCUT2D eigenvalue weighted by molar-refractivity contribution is 7.83. The summed E-state index contributed by atoms with van der Waals surface area (Å²) >= 11 is 5.57. The van der Waals surface area contributed by atoms with Gasteiger partial charge >= 0.3 is 0 Å². The van der Waals surface area contributed by atoms with Gasteiger partial charge in [0, 0.05) is 10.8 Å². The second-order valence-electron chi connectivity index (χ2n) is 2.79. The highest BCUT2D eigenvalue weighted by Gasteiger charge is 2.13. The maximum atomic E-state index is 10.6. The van der Waals surface area contributed by atoms with Gasteiger partial charge in [-0.2, -0.15) is 0 Å². The third kappa shape index (κ3) is 1.42. The Bertz CT molecular complexity index is 521. The van der Waals surface area contributed by atoms with Crippen LogP contribution in [0.5, 0.6) is 0 Å². The number of anilines is 1. The molecule has 0 aliphatic heterocycles. The number of thiophene rings is 1. The minimum absolute atomic E-state index is 0.0484. The van der Waals surface area contributed by atoms with Crippen molar-refractivity contribution in [3.05, 3.63) is 28.3 Å². The molecule has 0 amide bonds. The Morgan fingerprint density at radius 1 is 1.43 bits per heavy atom. The number of nitrogens with two attached hydrogens (primary N) is 1. The molecule has 2 aromatic rings. The van der Waals surface area contributed by atoms with Crippen molar-refractivity contribution in [3.63, 3.8) is 0 Å². The van der Waals surface area contributed by atoms with Crippen LogP contribution in [0.1, 0.15) is 0 Å². The van der Waals surface area contributed by atoms with Crippen LogP contribution in [0.15, 0.2) is 22.4 Å². The third-order valence-electron chi connectivity index (χ3n) is 1.85. The van der Waals surface area contributed by atoms with E-state index in [0.717, 1.165) is 14.3 Å². The lowest BCUT2D eigenvalue weighted by Crippen LogP contribution is -1.94. The Kier molecular flexibility index (Phi) is 2.09. The lowest BCUT2D eigenvalue weighted by atomic mass is 10.2. The quantitative estimate of drug-likeness (QED) is 0.340. The molecule has 14 heavy (non-hydrogen) atoms. The summed E-state index contributed by atoms with van der Waals surface area (Å²) in [7, 11) is 0. The predicted octanol–water partition coefficient (Wildman–Crippen LogP) is 2.68. The first-order valence-electron chi connectivity index (χ1n) is 3.74. The Labute approximate surface area is 88.9 Å². The first kappa shape index (κ1) is 9.29. The van der Waals surface area contributed by atoms with Gasteiger partial charge in [0.15, 0.2) is 0 Å². The number of nitro benzene ring substituents is 1. The van der Waals surface area contributed by atoms with E-state index in [1.807, 2.05) is 6.07 Å². The highest BCUT2D eigenvalue weighted by atomic mass is 32.2. The Morgan fingerprint density at radius 3 is 2.79 bits per heavy atom. The molecule has 0 saturated carbocycles. The molecule has 1 heterocycles. The second-order valence-corrected chi connectivity index (χ2v) is 4.66. The zero-order valence-electron chi connectivity index (χ0n) is 6.93. The van der Waals surface area contributed by atoms with Gasteiger partial charge in [-0.05, 0) is 17.5 Å². The molecule has 2 N–H and O–H groups in total. The average Bonchev–Trinajstić information content (AvgIpc) is 2.42. The van der Waals surface area contributed by atoms with Gasteiger partial charge in [-0.1, -0.05) is 0 Å². The average molecular weight is 226 g/mol. The van der Waals surface area contributed by atoms with E-state index in [4.69, 9.17) is 5.73 Å². The lowest BCUT2D eigenvalue weighted by molar-refractivity contribution is -0.383. The standard InChI is InChI=1S/C8H6N2O2S2/c9-5-1-4-2-8(13)14-7(4)3-6(5)10(11)12/h1-3,13H,9H2. The maximum absolute atomic E-state index is 10.6. The van der Waals surface area contributed by atoms with Gasteiger partial charge in [0.25, 0.3) is 5.69 Å². The van der Waals surface area contributed by atoms with Crippen LogP contribution >= 0.6 is 24.0 Å². The fraction of sp³-hybridized carbons (Fsp3) is 0. The van der Waals surface area contributed by atoms with Crippen molar-refractivity contribution in [1.29, 1.82) is 0 Å². The summed E-state index contributed by atoms with van der Waals surface area (Å²) in [5.41, 5.74) is 5.67. The number of hydrogen-bond donors (Lipinski definition) is 2. The fourth-order valence-electron chi connectivity index (χ4n) is 1.24. The molecule has 0 bridgehead atoms. The molecule has 2 rings (SSSR count). The Hall–Kier alpha value is -1.27.